The molecular formula is C16H13ClN2O4S. The Balaban J connectivity index is 1.69. The lowest BCUT2D eigenvalue weighted by Crippen LogP contribution is -2.38. The van der Waals surface area contributed by atoms with Gasteiger partial charge in [0, 0.05) is 13.1 Å². The van der Waals surface area contributed by atoms with Crippen molar-refractivity contribution in [2.24, 2.45) is 0 Å². The number of nitrogens with one attached hydrogen (secondary N) is 1. The zero-order chi connectivity index (χ0) is 17.3. The van der Waals surface area contributed by atoms with E-state index in [1.54, 1.807) is 36.4 Å². The van der Waals surface area contributed by atoms with E-state index in [0.29, 0.717) is 11.1 Å². The number of carbonyl (C=O) groups excluding carboxylic acids is 2. The molecule has 2 amide bonds. The third-order valence-corrected chi connectivity index (χ3v) is 5.59. The Bertz CT molecular complexity index is 892. The first-order valence-electron chi connectivity index (χ1n) is 7.11. The molecular weight excluding hydrogens is 352 g/mol. The third-order valence-electron chi connectivity index (χ3n) is 3.63. The van der Waals surface area contributed by atoms with Crippen LogP contribution in [0.5, 0.6) is 0 Å². The fourth-order valence-corrected chi connectivity index (χ4v) is 4.01. The van der Waals surface area contributed by atoms with Crippen molar-refractivity contribution in [3.05, 3.63) is 64.7 Å². The maximum atomic E-state index is 12.2. The predicted octanol–water partition coefficient (Wildman–Crippen LogP) is 1.91. The summed E-state index contributed by atoms with van der Waals surface area (Å²) in [4.78, 5) is 25.4. The second kappa shape index (κ2) is 6.35. The molecule has 6 nitrogen and oxygen atoms in total. The molecule has 0 aromatic heterocycles. The van der Waals surface area contributed by atoms with Crippen molar-refractivity contribution in [2.75, 3.05) is 13.1 Å². The molecule has 124 valence electrons. The number of carbonyl (C=O) groups is 2. The van der Waals surface area contributed by atoms with Gasteiger partial charge in [-0.2, -0.15) is 0 Å². The number of sulfonamides is 1. The average Bonchev–Trinajstić information content (AvgIpc) is 2.80. The van der Waals surface area contributed by atoms with Gasteiger partial charge in [0.1, 0.15) is 4.90 Å². The molecule has 0 saturated heterocycles. The van der Waals surface area contributed by atoms with E-state index in [1.807, 2.05) is 0 Å². The quantitative estimate of drug-likeness (QED) is 0.821. The lowest BCUT2D eigenvalue weighted by atomic mass is 10.1. The minimum absolute atomic E-state index is 0.0472. The number of amides is 2. The van der Waals surface area contributed by atoms with E-state index >= 15 is 0 Å². The van der Waals surface area contributed by atoms with E-state index in [-0.39, 0.29) is 23.0 Å². The molecule has 0 aliphatic carbocycles. The highest BCUT2D eigenvalue weighted by atomic mass is 35.5. The van der Waals surface area contributed by atoms with Gasteiger partial charge in [-0.05, 0) is 24.3 Å². The fraction of sp³-hybridized carbons (Fsp3) is 0.125. The van der Waals surface area contributed by atoms with Gasteiger partial charge in [-0.1, -0.05) is 35.9 Å². The molecule has 0 saturated carbocycles. The lowest BCUT2D eigenvalue weighted by Gasteiger charge is -2.14. The zero-order valence-electron chi connectivity index (χ0n) is 12.4. The number of hydrogen-bond acceptors (Lipinski definition) is 4. The number of nitrogens with zero attached hydrogens (tertiary/aromatic N) is 1. The van der Waals surface area contributed by atoms with Crippen molar-refractivity contribution in [3.63, 3.8) is 0 Å². The topological polar surface area (TPSA) is 83.6 Å². The molecule has 1 aliphatic rings. The average molecular weight is 365 g/mol. The highest BCUT2D eigenvalue weighted by Crippen LogP contribution is 2.22. The van der Waals surface area contributed by atoms with E-state index in [2.05, 4.69) is 4.72 Å². The van der Waals surface area contributed by atoms with Crippen LogP contribution < -0.4 is 4.72 Å². The molecule has 1 aliphatic heterocycles. The van der Waals surface area contributed by atoms with Crippen molar-refractivity contribution >= 4 is 33.4 Å². The van der Waals surface area contributed by atoms with E-state index in [0.717, 1.165) is 4.90 Å². The number of fused-ring (bicyclic) bond motifs is 1. The van der Waals surface area contributed by atoms with Gasteiger partial charge in [0.05, 0.1) is 16.1 Å². The molecule has 1 heterocycles. The smallest absolute Gasteiger partial charge is 0.261 e. The summed E-state index contributed by atoms with van der Waals surface area (Å²) in [6.45, 7) is -0.158. The number of imide groups is 1. The van der Waals surface area contributed by atoms with Crippen molar-refractivity contribution in [3.8, 4) is 0 Å². The Morgan fingerprint density at radius 2 is 1.46 bits per heavy atom. The van der Waals surface area contributed by atoms with Crippen LogP contribution in [0.2, 0.25) is 5.02 Å². The Kier molecular flexibility index (Phi) is 4.40. The standard InChI is InChI=1S/C16H13ClN2O4S/c17-13-7-3-4-8-14(13)24(22,23)18-9-10-19-15(20)11-5-1-2-6-12(11)16(19)21/h1-8,18H,9-10H2. The zero-order valence-corrected chi connectivity index (χ0v) is 14.0. The molecule has 0 unspecified atom stereocenters. The maximum Gasteiger partial charge on any atom is 0.261 e. The van der Waals surface area contributed by atoms with Gasteiger partial charge >= 0.3 is 0 Å². The summed E-state index contributed by atoms with van der Waals surface area (Å²) in [7, 11) is -3.82. The highest BCUT2D eigenvalue weighted by Gasteiger charge is 2.34. The number of rotatable bonds is 5. The summed E-state index contributed by atoms with van der Waals surface area (Å²) in [5, 5.41) is 0.103. The van der Waals surface area contributed by atoms with Gasteiger partial charge < -0.3 is 0 Å². The van der Waals surface area contributed by atoms with Gasteiger partial charge in [0.2, 0.25) is 10.0 Å². The van der Waals surface area contributed by atoms with Crippen LogP contribution >= 0.6 is 11.6 Å². The minimum atomic E-state index is -3.82. The molecule has 0 fully saturated rings. The SMILES string of the molecule is O=C1c2ccccc2C(=O)N1CCNS(=O)(=O)c1ccccc1Cl. The molecule has 8 heteroatoms. The largest absolute Gasteiger partial charge is 0.273 e. The number of hydrogen-bond donors (Lipinski definition) is 1. The van der Waals surface area contributed by atoms with Crippen LogP contribution in [0.1, 0.15) is 20.7 Å². The Hall–Kier alpha value is -2.22. The van der Waals surface area contributed by atoms with Gasteiger partial charge in [0.15, 0.2) is 0 Å². The Morgan fingerprint density at radius 1 is 0.917 bits per heavy atom. The Labute approximate surface area is 144 Å². The van der Waals surface area contributed by atoms with Crippen LogP contribution in [-0.2, 0) is 10.0 Å². The van der Waals surface area contributed by atoms with Crippen LogP contribution in [-0.4, -0.2) is 38.2 Å². The van der Waals surface area contributed by atoms with E-state index < -0.39 is 21.8 Å². The third kappa shape index (κ3) is 2.93. The maximum absolute atomic E-state index is 12.2. The molecule has 0 atom stereocenters. The first-order chi connectivity index (χ1) is 11.4. The molecule has 3 rings (SSSR count). The fourth-order valence-electron chi connectivity index (χ4n) is 2.47. The van der Waals surface area contributed by atoms with E-state index in [9.17, 15) is 18.0 Å². The van der Waals surface area contributed by atoms with E-state index in [4.69, 9.17) is 11.6 Å². The number of benzene rings is 2. The second-order valence-corrected chi connectivity index (χ2v) is 7.28. The summed E-state index contributed by atoms with van der Waals surface area (Å²) in [6.07, 6.45) is 0. The van der Waals surface area contributed by atoms with Crippen LogP contribution in [0.3, 0.4) is 0 Å². The van der Waals surface area contributed by atoms with Crippen molar-refractivity contribution in [2.45, 2.75) is 4.90 Å². The Morgan fingerprint density at radius 3 is 2.04 bits per heavy atom. The molecule has 0 bridgehead atoms. The van der Waals surface area contributed by atoms with Gasteiger partial charge in [-0.15, -0.1) is 0 Å². The summed E-state index contributed by atoms with van der Waals surface area (Å²) in [5.41, 5.74) is 0.660. The normalized spacial score (nSPS) is 14.1. The van der Waals surface area contributed by atoms with Crippen LogP contribution in [0, 0.1) is 0 Å². The van der Waals surface area contributed by atoms with Crippen LogP contribution in [0.25, 0.3) is 0 Å². The van der Waals surface area contributed by atoms with Gasteiger partial charge in [0.25, 0.3) is 11.8 Å². The molecule has 0 radical (unpaired) electrons. The summed E-state index contributed by atoms with van der Waals surface area (Å²) in [5.74, 6) is -0.847. The van der Waals surface area contributed by atoms with Crippen LogP contribution in [0.4, 0.5) is 0 Å². The first kappa shape index (κ1) is 16.6. The second-order valence-electron chi connectivity index (χ2n) is 5.14. The van der Waals surface area contributed by atoms with E-state index in [1.165, 1.54) is 12.1 Å². The van der Waals surface area contributed by atoms with Gasteiger partial charge in [-0.25, -0.2) is 13.1 Å². The predicted molar refractivity (Wildman–Crippen MR) is 88.4 cm³/mol. The highest BCUT2D eigenvalue weighted by molar-refractivity contribution is 7.89. The van der Waals surface area contributed by atoms with Crippen molar-refractivity contribution in [1.29, 1.82) is 0 Å². The molecule has 24 heavy (non-hydrogen) atoms. The van der Waals surface area contributed by atoms with Crippen molar-refractivity contribution in [1.82, 2.24) is 9.62 Å². The molecule has 1 N–H and O–H groups in total. The minimum Gasteiger partial charge on any atom is -0.273 e. The summed E-state index contributed by atoms with van der Waals surface area (Å²) in [6, 6.07) is 12.5. The summed E-state index contributed by atoms with van der Waals surface area (Å²) < 4.78 is 26.8. The molecule has 0 spiro atoms. The van der Waals surface area contributed by atoms with Gasteiger partial charge in [-0.3, -0.25) is 14.5 Å². The monoisotopic (exact) mass is 364 g/mol. The van der Waals surface area contributed by atoms with Crippen LogP contribution in [0.15, 0.2) is 53.4 Å². The molecule has 2 aromatic rings. The number of halogens is 1. The first-order valence-corrected chi connectivity index (χ1v) is 8.97. The van der Waals surface area contributed by atoms with Crippen molar-refractivity contribution < 1.29 is 18.0 Å². The summed E-state index contributed by atoms with van der Waals surface area (Å²) >= 11 is 5.88. The lowest BCUT2D eigenvalue weighted by molar-refractivity contribution is 0.0657. The molecule has 2 aromatic carbocycles.